The van der Waals surface area contributed by atoms with Crippen molar-refractivity contribution in [1.82, 2.24) is 5.32 Å². The maximum Gasteiger partial charge on any atom is -0.00493 e. The second kappa shape index (κ2) is 5.07. The van der Waals surface area contributed by atoms with Gasteiger partial charge in [-0.25, -0.2) is 0 Å². The van der Waals surface area contributed by atoms with Crippen LogP contribution in [0.4, 0.5) is 0 Å². The lowest BCUT2D eigenvalue weighted by Crippen LogP contribution is -2.17. The van der Waals surface area contributed by atoms with E-state index in [-0.39, 0.29) is 12.4 Å². The molecule has 1 aliphatic carbocycles. The van der Waals surface area contributed by atoms with E-state index in [0.717, 1.165) is 5.92 Å². The highest BCUT2D eigenvalue weighted by molar-refractivity contribution is 5.85. The molecule has 1 saturated carbocycles. The van der Waals surface area contributed by atoms with Gasteiger partial charge in [-0.15, -0.1) is 12.4 Å². The molecule has 2 heteroatoms. The first kappa shape index (κ1) is 9.25. The molecule has 0 saturated heterocycles. The lowest BCUT2D eigenvalue weighted by atomic mass is 9.83. The molecule has 0 spiro atoms. The first-order valence-electron chi connectivity index (χ1n) is 3.58. The summed E-state index contributed by atoms with van der Waals surface area (Å²) in [7, 11) is 2.03. The van der Waals surface area contributed by atoms with Crippen LogP contribution in [0.3, 0.4) is 0 Å². The number of hydrogen-bond donors (Lipinski definition) is 1. The van der Waals surface area contributed by atoms with Crippen LogP contribution in [0.25, 0.3) is 0 Å². The van der Waals surface area contributed by atoms with Gasteiger partial charge in [-0.3, -0.25) is 0 Å². The summed E-state index contributed by atoms with van der Waals surface area (Å²) in [6.07, 6.45) is 5.86. The van der Waals surface area contributed by atoms with Gasteiger partial charge < -0.3 is 5.32 Å². The highest BCUT2D eigenvalue weighted by atomic mass is 35.5. The number of nitrogens with one attached hydrogen (secondary N) is 1. The highest BCUT2D eigenvalue weighted by Gasteiger charge is 2.15. The van der Waals surface area contributed by atoms with Crippen LogP contribution in [0.1, 0.15) is 25.7 Å². The van der Waals surface area contributed by atoms with Crippen LogP contribution in [0, 0.1) is 5.92 Å². The summed E-state index contributed by atoms with van der Waals surface area (Å²) in [6.45, 7) is 1.21. The van der Waals surface area contributed by atoms with E-state index in [2.05, 4.69) is 5.32 Å². The van der Waals surface area contributed by atoms with Gasteiger partial charge >= 0.3 is 0 Å². The fraction of sp³-hybridized carbons (Fsp3) is 1.00. The molecule has 0 bridgehead atoms. The van der Waals surface area contributed by atoms with Crippen molar-refractivity contribution < 1.29 is 0 Å². The Morgan fingerprint density at radius 3 is 2.44 bits per heavy atom. The zero-order valence-electron chi connectivity index (χ0n) is 6.02. The van der Waals surface area contributed by atoms with Crippen molar-refractivity contribution in [2.75, 3.05) is 13.6 Å². The average molecular weight is 150 g/mol. The van der Waals surface area contributed by atoms with E-state index >= 15 is 0 Å². The molecule has 0 radical (unpaired) electrons. The van der Waals surface area contributed by atoms with Gasteiger partial charge in [0.25, 0.3) is 0 Å². The zero-order chi connectivity index (χ0) is 5.82. The fourth-order valence-corrected chi connectivity index (χ4v) is 1.13. The van der Waals surface area contributed by atoms with Crippen LogP contribution in [0.2, 0.25) is 0 Å². The molecule has 0 aromatic carbocycles. The minimum Gasteiger partial charge on any atom is -0.320 e. The van der Waals surface area contributed by atoms with Gasteiger partial charge in [-0.05, 0) is 25.9 Å². The lowest BCUT2D eigenvalue weighted by molar-refractivity contribution is 0.294. The van der Waals surface area contributed by atoms with Crippen LogP contribution in [-0.4, -0.2) is 13.6 Å². The monoisotopic (exact) mass is 149 g/mol. The normalized spacial score (nSPS) is 18.3. The summed E-state index contributed by atoms with van der Waals surface area (Å²) < 4.78 is 0. The molecule has 1 rings (SSSR count). The van der Waals surface area contributed by atoms with E-state index in [1.54, 1.807) is 0 Å². The van der Waals surface area contributed by atoms with E-state index in [0.29, 0.717) is 0 Å². The first-order valence-corrected chi connectivity index (χ1v) is 3.58. The van der Waals surface area contributed by atoms with E-state index in [1.807, 2.05) is 7.05 Å². The van der Waals surface area contributed by atoms with Gasteiger partial charge in [-0.1, -0.05) is 19.3 Å². The molecule has 0 aliphatic heterocycles. The first-order chi connectivity index (χ1) is 3.93. The molecule has 56 valence electrons. The van der Waals surface area contributed by atoms with E-state index in [4.69, 9.17) is 0 Å². The molecule has 0 aromatic heterocycles. The van der Waals surface area contributed by atoms with Crippen LogP contribution in [0.15, 0.2) is 0 Å². The van der Waals surface area contributed by atoms with Crippen molar-refractivity contribution >= 4 is 12.4 Å². The van der Waals surface area contributed by atoms with E-state index in [9.17, 15) is 0 Å². The molecule has 1 nitrogen and oxygen atoms in total. The van der Waals surface area contributed by atoms with Gasteiger partial charge in [0, 0.05) is 0 Å². The fourth-order valence-electron chi connectivity index (χ4n) is 1.13. The molecule has 1 fully saturated rings. The van der Waals surface area contributed by atoms with Crippen molar-refractivity contribution in [2.24, 2.45) is 5.92 Å². The molecule has 9 heavy (non-hydrogen) atoms. The maximum absolute atomic E-state index is 3.17. The Bertz CT molecular complexity index is 61.9. The smallest absolute Gasteiger partial charge is 0.00493 e. The predicted octanol–water partition coefficient (Wildman–Crippen LogP) is 1.82. The molecule has 0 aromatic rings. The maximum atomic E-state index is 3.17. The highest BCUT2D eigenvalue weighted by Crippen LogP contribution is 2.28. The summed E-state index contributed by atoms with van der Waals surface area (Å²) in [5.74, 6) is 1.07. The topological polar surface area (TPSA) is 12.0 Å². The summed E-state index contributed by atoms with van der Waals surface area (Å²) in [5, 5.41) is 3.17. The lowest BCUT2D eigenvalue weighted by Gasteiger charge is -2.24. The van der Waals surface area contributed by atoms with Gasteiger partial charge in [-0.2, -0.15) is 0 Å². The van der Waals surface area contributed by atoms with Crippen LogP contribution in [-0.2, 0) is 0 Å². The van der Waals surface area contributed by atoms with Crippen molar-refractivity contribution in [3.8, 4) is 0 Å². The van der Waals surface area contributed by atoms with Gasteiger partial charge in [0.05, 0.1) is 0 Å². The molecule has 0 atom stereocenters. The summed E-state index contributed by atoms with van der Waals surface area (Å²) in [4.78, 5) is 0. The van der Waals surface area contributed by atoms with Crippen molar-refractivity contribution in [2.45, 2.75) is 25.7 Å². The summed E-state index contributed by atoms with van der Waals surface area (Å²) in [6, 6.07) is 0. The van der Waals surface area contributed by atoms with Crippen molar-refractivity contribution in [3.05, 3.63) is 0 Å². The minimum atomic E-state index is 0. The number of rotatable bonds is 3. The Kier molecular flexibility index (Phi) is 5.21. The zero-order valence-corrected chi connectivity index (χ0v) is 6.84. The molecule has 0 heterocycles. The van der Waals surface area contributed by atoms with Crippen LogP contribution in [0.5, 0.6) is 0 Å². The Balaban J connectivity index is 0.000000640. The largest absolute Gasteiger partial charge is 0.320 e. The summed E-state index contributed by atoms with van der Waals surface area (Å²) in [5.41, 5.74) is 0. The standard InChI is InChI=1S/C7H15N.ClH/c1-8-6-5-7-3-2-4-7;/h7-8H,2-6H2,1H3;1H. The summed E-state index contributed by atoms with van der Waals surface area (Å²) >= 11 is 0. The number of hydrogen-bond acceptors (Lipinski definition) is 1. The Hall–Kier alpha value is 0.250. The number of halogens is 1. The quantitative estimate of drug-likeness (QED) is 0.646. The third-order valence-corrected chi connectivity index (χ3v) is 2.03. The van der Waals surface area contributed by atoms with Crippen molar-refractivity contribution in [1.29, 1.82) is 0 Å². The molecule has 1 aliphatic rings. The molecule has 0 amide bonds. The Labute approximate surface area is 63.6 Å². The third-order valence-electron chi connectivity index (χ3n) is 2.03. The Morgan fingerprint density at radius 2 is 2.11 bits per heavy atom. The molecular weight excluding hydrogens is 134 g/mol. The minimum absolute atomic E-state index is 0. The van der Waals surface area contributed by atoms with Gasteiger partial charge in [0.15, 0.2) is 0 Å². The predicted molar refractivity (Wildman–Crippen MR) is 43.1 cm³/mol. The third kappa shape index (κ3) is 3.07. The van der Waals surface area contributed by atoms with Crippen LogP contribution < -0.4 is 5.32 Å². The van der Waals surface area contributed by atoms with Gasteiger partial charge in [0.1, 0.15) is 0 Å². The molecule has 1 N–H and O–H groups in total. The SMILES string of the molecule is CNCCC1CCC1.Cl. The Morgan fingerprint density at radius 1 is 1.44 bits per heavy atom. The average Bonchev–Trinajstić information content (AvgIpc) is 1.63. The second-order valence-electron chi connectivity index (χ2n) is 2.69. The van der Waals surface area contributed by atoms with E-state index in [1.165, 1.54) is 32.2 Å². The molecule has 0 unspecified atom stereocenters. The second-order valence-corrected chi connectivity index (χ2v) is 2.69. The van der Waals surface area contributed by atoms with Crippen LogP contribution >= 0.6 is 12.4 Å². The van der Waals surface area contributed by atoms with E-state index < -0.39 is 0 Å². The van der Waals surface area contributed by atoms with Crippen molar-refractivity contribution in [3.63, 3.8) is 0 Å². The molecular formula is C7H16ClN. The van der Waals surface area contributed by atoms with Gasteiger partial charge in [0.2, 0.25) is 0 Å².